The molecule has 0 unspecified atom stereocenters. The van der Waals surface area contributed by atoms with Crippen molar-refractivity contribution in [2.45, 2.75) is 20.4 Å². The Labute approximate surface area is 105 Å². The van der Waals surface area contributed by atoms with Gasteiger partial charge in [0, 0.05) is 21.9 Å². The van der Waals surface area contributed by atoms with Crippen LogP contribution in [0.1, 0.15) is 17.4 Å². The molecule has 3 heteroatoms. The average Bonchev–Trinajstić information content (AvgIpc) is 2.68. The molecule has 0 radical (unpaired) electrons. The molecule has 0 fully saturated rings. The Morgan fingerprint density at radius 1 is 1.29 bits per heavy atom. The quantitative estimate of drug-likeness (QED) is 0.864. The predicted octanol–water partition coefficient (Wildman–Crippen LogP) is 3.97. The highest BCUT2D eigenvalue weighted by Gasteiger charge is 2.10. The molecule has 2 rings (SSSR count). The van der Waals surface area contributed by atoms with E-state index in [9.17, 15) is 4.39 Å². The Hall–Kier alpha value is -1.19. The summed E-state index contributed by atoms with van der Waals surface area (Å²) in [6.45, 7) is 5.92. The maximum absolute atomic E-state index is 13.7. The number of rotatable bonds is 4. The summed E-state index contributed by atoms with van der Waals surface area (Å²) < 4.78 is 13.7. The van der Waals surface area contributed by atoms with Crippen LogP contribution in [0, 0.1) is 12.7 Å². The summed E-state index contributed by atoms with van der Waals surface area (Å²) in [4.78, 5) is 2.29. The highest BCUT2D eigenvalue weighted by atomic mass is 32.1. The zero-order chi connectivity index (χ0) is 12.3. The third kappa shape index (κ3) is 2.73. The molecule has 0 spiro atoms. The lowest BCUT2D eigenvalue weighted by Crippen LogP contribution is -2.10. The van der Waals surface area contributed by atoms with E-state index in [0.717, 1.165) is 23.5 Å². The van der Waals surface area contributed by atoms with Crippen molar-refractivity contribution in [1.29, 1.82) is 0 Å². The summed E-state index contributed by atoms with van der Waals surface area (Å²) in [5.74, 6) is -0.146. The highest BCUT2D eigenvalue weighted by molar-refractivity contribution is 7.15. The Kier molecular flexibility index (Phi) is 3.92. The number of aryl methyl sites for hydroxylation is 1. The van der Waals surface area contributed by atoms with Crippen molar-refractivity contribution >= 4 is 11.3 Å². The average molecular weight is 249 g/mol. The molecule has 0 aliphatic rings. The molecule has 1 heterocycles. The zero-order valence-electron chi connectivity index (χ0n) is 10.1. The van der Waals surface area contributed by atoms with Gasteiger partial charge in [-0.3, -0.25) is 0 Å². The van der Waals surface area contributed by atoms with E-state index in [-0.39, 0.29) is 5.82 Å². The van der Waals surface area contributed by atoms with E-state index >= 15 is 0 Å². The van der Waals surface area contributed by atoms with Crippen molar-refractivity contribution in [1.82, 2.24) is 5.32 Å². The molecule has 1 nitrogen and oxygen atoms in total. The second-order valence-electron chi connectivity index (χ2n) is 3.99. The molecule has 1 aromatic carbocycles. The van der Waals surface area contributed by atoms with Crippen molar-refractivity contribution in [2.24, 2.45) is 0 Å². The van der Waals surface area contributed by atoms with Gasteiger partial charge in [-0.05, 0) is 31.2 Å². The van der Waals surface area contributed by atoms with Crippen LogP contribution in [0.4, 0.5) is 4.39 Å². The van der Waals surface area contributed by atoms with Crippen LogP contribution in [-0.2, 0) is 6.54 Å². The predicted molar refractivity (Wildman–Crippen MR) is 71.8 cm³/mol. The molecule has 1 N–H and O–H groups in total. The smallest absolute Gasteiger partial charge is 0.131 e. The van der Waals surface area contributed by atoms with E-state index in [2.05, 4.69) is 18.3 Å². The van der Waals surface area contributed by atoms with E-state index in [1.54, 1.807) is 17.4 Å². The van der Waals surface area contributed by atoms with Crippen LogP contribution in [0.2, 0.25) is 0 Å². The van der Waals surface area contributed by atoms with Gasteiger partial charge < -0.3 is 5.32 Å². The number of thiophene rings is 1. The van der Waals surface area contributed by atoms with Gasteiger partial charge in [0.15, 0.2) is 0 Å². The van der Waals surface area contributed by atoms with Gasteiger partial charge in [-0.2, -0.15) is 0 Å². The molecule has 0 saturated heterocycles. The van der Waals surface area contributed by atoms with Gasteiger partial charge in [0.05, 0.1) is 0 Å². The van der Waals surface area contributed by atoms with Gasteiger partial charge in [0.1, 0.15) is 5.82 Å². The first-order valence-electron chi connectivity index (χ1n) is 5.77. The van der Waals surface area contributed by atoms with Crippen molar-refractivity contribution in [3.05, 3.63) is 46.6 Å². The Morgan fingerprint density at radius 3 is 2.76 bits per heavy atom. The van der Waals surface area contributed by atoms with Gasteiger partial charge in [-0.1, -0.05) is 25.1 Å². The van der Waals surface area contributed by atoms with Crippen molar-refractivity contribution in [3.63, 3.8) is 0 Å². The van der Waals surface area contributed by atoms with Crippen LogP contribution >= 0.6 is 11.3 Å². The van der Waals surface area contributed by atoms with E-state index in [4.69, 9.17) is 0 Å². The van der Waals surface area contributed by atoms with Gasteiger partial charge in [-0.15, -0.1) is 11.3 Å². The second kappa shape index (κ2) is 5.43. The van der Waals surface area contributed by atoms with E-state index in [0.29, 0.717) is 5.56 Å². The molecule has 0 aliphatic carbocycles. The molecule has 17 heavy (non-hydrogen) atoms. The van der Waals surface area contributed by atoms with Gasteiger partial charge in [-0.25, -0.2) is 4.39 Å². The number of nitrogens with one attached hydrogen (secondary N) is 1. The van der Waals surface area contributed by atoms with Crippen LogP contribution in [0.15, 0.2) is 30.3 Å². The molecular formula is C14H16FNS. The normalized spacial score (nSPS) is 10.8. The fourth-order valence-electron chi connectivity index (χ4n) is 1.80. The molecule has 0 atom stereocenters. The third-order valence-corrected chi connectivity index (χ3v) is 3.91. The second-order valence-corrected chi connectivity index (χ2v) is 5.12. The van der Waals surface area contributed by atoms with Crippen molar-refractivity contribution < 1.29 is 4.39 Å². The van der Waals surface area contributed by atoms with Gasteiger partial charge in [0.2, 0.25) is 0 Å². The van der Waals surface area contributed by atoms with Crippen LogP contribution < -0.4 is 5.32 Å². The van der Waals surface area contributed by atoms with Gasteiger partial charge in [0.25, 0.3) is 0 Å². The first kappa shape index (κ1) is 12.3. The van der Waals surface area contributed by atoms with Crippen LogP contribution in [0.25, 0.3) is 10.4 Å². The molecule has 0 saturated carbocycles. The molecule has 0 aliphatic heterocycles. The molecule has 90 valence electrons. The number of hydrogen-bond donors (Lipinski definition) is 1. The monoisotopic (exact) mass is 249 g/mol. The Balaban J connectivity index is 2.33. The summed E-state index contributed by atoms with van der Waals surface area (Å²) in [7, 11) is 0. The van der Waals surface area contributed by atoms with Crippen LogP contribution in [-0.4, -0.2) is 6.54 Å². The summed E-state index contributed by atoms with van der Waals surface area (Å²) in [6, 6.07) is 9.08. The number of hydrogen-bond acceptors (Lipinski definition) is 2. The summed E-state index contributed by atoms with van der Waals surface area (Å²) in [5, 5.41) is 3.29. The van der Waals surface area contributed by atoms with Crippen LogP contribution in [0.5, 0.6) is 0 Å². The largest absolute Gasteiger partial charge is 0.312 e. The molecule has 0 amide bonds. The minimum atomic E-state index is -0.146. The van der Waals surface area contributed by atoms with E-state index in [1.165, 1.54) is 10.9 Å². The fraction of sp³-hybridized carbons (Fsp3) is 0.286. The van der Waals surface area contributed by atoms with E-state index in [1.807, 2.05) is 19.1 Å². The first-order valence-corrected chi connectivity index (χ1v) is 6.59. The number of benzene rings is 1. The molecular weight excluding hydrogens is 233 g/mol. The lowest BCUT2D eigenvalue weighted by Gasteiger charge is -2.01. The minimum absolute atomic E-state index is 0.146. The SMILES string of the molecule is CCNCc1cc(C)c(-c2ccccc2F)s1. The van der Waals surface area contributed by atoms with E-state index < -0.39 is 0 Å². The Bertz CT molecular complexity index is 505. The maximum atomic E-state index is 13.7. The zero-order valence-corrected chi connectivity index (χ0v) is 10.9. The minimum Gasteiger partial charge on any atom is -0.312 e. The van der Waals surface area contributed by atoms with Gasteiger partial charge >= 0.3 is 0 Å². The van der Waals surface area contributed by atoms with Crippen LogP contribution in [0.3, 0.4) is 0 Å². The van der Waals surface area contributed by atoms with Crippen molar-refractivity contribution in [2.75, 3.05) is 6.54 Å². The first-order chi connectivity index (χ1) is 8.22. The standard InChI is InChI=1S/C14H16FNS/c1-3-16-9-11-8-10(2)14(17-11)12-6-4-5-7-13(12)15/h4-8,16H,3,9H2,1-2H3. The maximum Gasteiger partial charge on any atom is 0.131 e. The lowest BCUT2D eigenvalue weighted by molar-refractivity contribution is 0.631. The Morgan fingerprint density at radius 2 is 2.06 bits per heavy atom. The topological polar surface area (TPSA) is 12.0 Å². The lowest BCUT2D eigenvalue weighted by atomic mass is 10.1. The molecule has 1 aromatic heterocycles. The number of halogens is 1. The summed E-state index contributed by atoms with van der Waals surface area (Å²) in [5.41, 5.74) is 1.85. The molecule has 0 bridgehead atoms. The third-order valence-electron chi connectivity index (χ3n) is 2.64. The molecule has 2 aromatic rings. The highest BCUT2D eigenvalue weighted by Crippen LogP contribution is 2.33. The fourth-order valence-corrected chi connectivity index (χ4v) is 2.96. The summed E-state index contributed by atoms with van der Waals surface area (Å²) in [6.07, 6.45) is 0. The van der Waals surface area contributed by atoms with Crippen molar-refractivity contribution in [3.8, 4) is 10.4 Å². The summed E-state index contributed by atoms with van der Waals surface area (Å²) >= 11 is 1.66.